The third-order valence-electron chi connectivity index (χ3n) is 3.79. The highest BCUT2D eigenvalue weighted by molar-refractivity contribution is 5.48. The van der Waals surface area contributed by atoms with Gasteiger partial charge in [-0.3, -0.25) is 0 Å². The second-order valence-electron chi connectivity index (χ2n) is 5.58. The van der Waals surface area contributed by atoms with Crippen LogP contribution in [0, 0.1) is 0 Å². The number of benzene rings is 1. The van der Waals surface area contributed by atoms with Gasteiger partial charge < -0.3 is 10.2 Å². The molecule has 1 aliphatic rings. The minimum atomic E-state index is -4.26. The van der Waals surface area contributed by atoms with E-state index in [4.69, 9.17) is 0 Å². The van der Waals surface area contributed by atoms with Gasteiger partial charge in [-0.25, -0.2) is 0 Å². The molecule has 0 amide bonds. The number of hydrogen-bond acceptors (Lipinski definition) is 2. The van der Waals surface area contributed by atoms with Crippen molar-refractivity contribution in [3.05, 3.63) is 29.8 Å². The predicted molar refractivity (Wildman–Crippen MR) is 75.0 cm³/mol. The van der Waals surface area contributed by atoms with E-state index in [0.29, 0.717) is 12.1 Å². The van der Waals surface area contributed by atoms with Crippen molar-refractivity contribution >= 4 is 5.69 Å². The molecule has 0 aromatic heterocycles. The van der Waals surface area contributed by atoms with Crippen molar-refractivity contribution in [1.82, 2.24) is 5.32 Å². The topological polar surface area (TPSA) is 15.3 Å². The van der Waals surface area contributed by atoms with Gasteiger partial charge in [0.1, 0.15) is 0 Å². The number of nitrogens with zero attached hydrogens (tertiary/aromatic N) is 1. The van der Waals surface area contributed by atoms with E-state index in [9.17, 15) is 13.2 Å². The fraction of sp³-hybridized carbons (Fsp3) is 0.600. The van der Waals surface area contributed by atoms with Gasteiger partial charge in [-0.15, -0.1) is 0 Å². The summed E-state index contributed by atoms with van der Waals surface area (Å²) in [6, 6.07) is 6.35. The van der Waals surface area contributed by atoms with Gasteiger partial charge in [0.2, 0.25) is 0 Å². The van der Waals surface area contributed by atoms with Crippen molar-refractivity contribution in [1.29, 1.82) is 0 Å². The second kappa shape index (κ2) is 6.04. The molecule has 0 spiro atoms. The van der Waals surface area contributed by atoms with E-state index >= 15 is 0 Å². The van der Waals surface area contributed by atoms with Crippen LogP contribution >= 0.6 is 0 Å². The van der Waals surface area contributed by atoms with Gasteiger partial charge in [0.15, 0.2) is 0 Å². The van der Waals surface area contributed by atoms with Crippen LogP contribution < -0.4 is 10.2 Å². The van der Waals surface area contributed by atoms with Crippen molar-refractivity contribution in [2.75, 3.05) is 18.0 Å². The summed E-state index contributed by atoms with van der Waals surface area (Å²) < 4.78 is 37.7. The molecule has 0 saturated carbocycles. The average molecular weight is 286 g/mol. The van der Waals surface area contributed by atoms with Crippen molar-refractivity contribution in [3.63, 3.8) is 0 Å². The fourth-order valence-corrected chi connectivity index (χ4v) is 2.58. The van der Waals surface area contributed by atoms with Gasteiger partial charge in [-0.05, 0) is 51.0 Å². The molecule has 0 aliphatic carbocycles. The number of halogens is 3. The Morgan fingerprint density at radius 1 is 1.00 bits per heavy atom. The first-order valence-electron chi connectivity index (χ1n) is 7.04. The molecule has 2 rings (SSSR count). The van der Waals surface area contributed by atoms with Crippen LogP contribution in [0.25, 0.3) is 0 Å². The van der Waals surface area contributed by atoms with Gasteiger partial charge in [-0.2, -0.15) is 13.2 Å². The maximum Gasteiger partial charge on any atom is 0.416 e. The molecular formula is C15H21F3N2. The van der Waals surface area contributed by atoms with E-state index < -0.39 is 11.7 Å². The SMILES string of the molecule is CC1CCN(c2ccc(C(F)(F)F)cc2)CCC(C)N1. The molecule has 2 nitrogen and oxygen atoms in total. The smallest absolute Gasteiger partial charge is 0.371 e. The van der Waals surface area contributed by atoms with E-state index in [1.54, 1.807) is 12.1 Å². The van der Waals surface area contributed by atoms with Crippen molar-refractivity contribution in [3.8, 4) is 0 Å². The Kier molecular flexibility index (Phi) is 4.58. The molecule has 1 heterocycles. The molecule has 2 atom stereocenters. The van der Waals surface area contributed by atoms with Gasteiger partial charge >= 0.3 is 6.18 Å². The zero-order valence-corrected chi connectivity index (χ0v) is 11.9. The molecule has 2 unspecified atom stereocenters. The third kappa shape index (κ3) is 3.88. The predicted octanol–water partition coefficient (Wildman–Crippen LogP) is 3.67. The van der Waals surface area contributed by atoms with Crippen LogP contribution in [0.3, 0.4) is 0 Å². The normalized spacial score (nSPS) is 25.1. The summed E-state index contributed by atoms with van der Waals surface area (Å²) in [4.78, 5) is 2.17. The summed E-state index contributed by atoms with van der Waals surface area (Å²) in [7, 11) is 0. The van der Waals surface area contributed by atoms with Crippen molar-refractivity contribution in [2.45, 2.75) is 44.9 Å². The first-order valence-corrected chi connectivity index (χ1v) is 7.04. The number of anilines is 1. The maximum atomic E-state index is 12.6. The zero-order valence-electron chi connectivity index (χ0n) is 11.9. The first-order chi connectivity index (χ1) is 9.36. The van der Waals surface area contributed by atoms with Crippen LogP contribution in [0.4, 0.5) is 18.9 Å². The number of nitrogens with one attached hydrogen (secondary N) is 1. The zero-order chi connectivity index (χ0) is 14.8. The largest absolute Gasteiger partial charge is 0.416 e. The Morgan fingerprint density at radius 2 is 1.50 bits per heavy atom. The number of hydrogen-bond donors (Lipinski definition) is 1. The quantitative estimate of drug-likeness (QED) is 0.847. The van der Waals surface area contributed by atoms with Gasteiger partial charge in [0.25, 0.3) is 0 Å². The van der Waals surface area contributed by atoms with E-state index in [1.807, 2.05) is 0 Å². The molecule has 5 heteroatoms. The van der Waals surface area contributed by atoms with Crippen LogP contribution in [0.5, 0.6) is 0 Å². The molecule has 1 aromatic carbocycles. The van der Waals surface area contributed by atoms with E-state index in [2.05, 4.69) is 24.1 Å². The Labute approximate surface area is 118 Å². The van der Waals surface area contributed by atoms with E-state index in [0.717, 1.165) is 31.6 Å². The van der Waals surface area contributed by atoms with Crippen molar-refractivity contribution < 1.29 is 13.2 Å². The van der Waals surface area contributed by atoms with E-state index in [1.165, 1.54) is 12.1 Å². The molecule has 0 bridgehead atoms. The van der Waals surface area contributed by atoms with Crippen LogP contribution in [0.15, 0.2) is 24.3 Å². The van der Waals surface area contributed by atoms with Crippen LogP contribution in [0.2, 0.25) is 0 Å². The molecule has 1 aromatic rings. The van der Waals surface area contributed by atoms with Gasteiger partial charge in [0.05, 0.1) is 5.56 Å². The van der Waals surface area contributed by atoms with Crippen LogP contribution in [-0.2, 0) is 6.18 Å². The molecule has 1 saturated heterocycles. The van der Waals surface area contributed by atoms with E-state index in [-0.39, 0.29) is 0 Å². The fourth-order valence-electron chi connectivity index (χ4n) is 2.58. The Hall–Kier alpha value is -1.23. The van der Waals surface area contributed by atoms with Gasteiger partial charge in [-0.1, -0.05) is 0 Å². The molecule has 112 valence electrons. The average Bonchev–Trinajstić information content (AvgIpc) is 2.36. The molecule has 1 fully saturated rings. The summed E-state index contributed by atoms with van der Waals surface area (Å²) in [5, 5.41) is 3.51. The lowest BCUT2D eigenvalue weighted by Gasteiger charge is -2.32. The Morgan fingerprint density at radius 3 is 1.95 bits per heavy atom. The highest BCUT2D eigenvalue weighted by Crippen LogP contribution is 2.30. The summed E-state index contributed by atoms with van der Waals surface area (Å²) in [6.45, 7) is 6.03. The Bertz CT molecular complexity index is 416. The second-order valence-corrected chi connectivity index (χ2v) is 5.58. The number of alkyl halides is 3. The van der Waals surface area contributed by atoms with Gasteiger partial charge in [0, 0.05) is 30.9 Å². The lowest BCUT2D eigenvalue weighted by molar-refractivity contribution is -0.137. The molecule has 1 aliphatic heterocycles. The number of rotatable bonds is 1. The lowest BCUT2D eigenvalue weighted by Crippen LogP contribution is -2.43. The molecule has 1 N–H and O–H groups in total. The van der Waals surface area contributed by atoms with Crippen LogP contribution in [0.1, 0.15) is 32.3 Å². The molecule has 0 radical (unpaired) electrons. The molecule has 20 heavy (non-hydrogen) atoms. The summed E-state index contributed by atoms with van der Waals surface area (Å²) >= 11 is 0. The third-order valence-corrected chi connectivity index (χ3v) is 3.79. The highest BCUT2D eigenvalue weighted by Gasteiger charge is 2.30. The highest BCUT2D eigenvalue weighted by atomic mass is 19.4. The monoisotopic (exact) mass is 286 g/mol. The minimum Gasteiger partial charge on any atom is -0.371 e. The summed E-state index contributed by atoms with van der Waals surface area (Å²) in [6.07, 6.45) is -2.28. The summed E-state index contributed by atoms with van der Waals surface area (Å²) in [5.74, 6) is 0. The van der Waals surface area contributed by atoms with Crippen molar-refractivity contribution in [2.24, 2.45) is 0 Å². The molecular weight excluding hydrogens is 265 g/mol. The standard InChI is InChI=1S/C15H21F3N2/c1-11-7-9-20(10-8-12(2)19-11)14-5-3-13(4-6-14)15(16,17)18/h3-6,11-12,19H,7-10H2,1-2H3. The lowest BCUT2D eigenvalue weighted by atomic mass is 10.1. The first kappa shape index (κ1) is 15.2. The maximum absolute atomic E-state index is 12.6. The minimum absolute atomic E-state index is 0.433. The van der Waals surface area contributed by atoms with Crippen LogP contribution in [-0.4, -0.2) is 25.2 Å². The summed E-state index contributed by atoms with van der Waals surface area (Å²) in [5.41, 5.74) is 0.288. The Balaban J connectivity index is 2.09.